The predicted octanol–water partition coefficient (Wildman–Crippen LogP) is 3.89. The van der Waals surface area contributed by atoms with Crippen molar-refractivity contribution in [3.8, 4) is 0 Å². The van der Waals surface area contributed by atoms with Crippen molar-refractivity contribution in [3.05, 3.63) is 65.2 Å². The third-order valence-corrected chi connectivity index (χ3v) is 6.64. The molecule has 0 spiro atoms. The van der Waals surface area contributed by atoms with Gasteiger partial charge in [-0.1, -0.05) is 59.5 Å². The number of anilines is 2. The van der Waals surface area contributed by atoms with Crippen molar-refractivity contribution in [1.29, 1.82) is 0 Å². The van der Waals surface area contributed by atoms with E-state index in [2.05, 4.69) is 41.5 Å². The van der Waals surface area contributed by atoms with Crippen molar-refractivity contribution in [2.24, 2.45) is 5.73 Å². The van der Waals surface area contributed by atoms with Crippen LogP contribution in [-0.4, -0.2) is 39.2 Å². The lowest BCUT2D eigenvalue weighted by Crippen LogP contribution is -2.34. The maximum atomic E-state index is 12.8. The summed E-state index contributed by atoms with van der Waals surface area (Å²) >= 11 is 2.73. The Balaban J connectivity index is 1.58. The van der Waals surface area contributed by atoms with E-state index in [1.165, 1.54) is 34.2 Å². The summed E-state index contributed by atoms with van der Waals surface area (Å²) in [4.78, 5) is 25.7. The fraction of sp³-hybridized carbons (Fsp3) is 0.273. The van der Waals surface area contributed by atoms with Crippen LogP contribution in [0, 0.1) is 13.8 Å². The molecule has 0 unspecified atom stereocenters. The van der Waals surface area contributed by atoms with Crippen LogP contribution in [0.1, 0.15) is 23.1 Å². The highest BCUT2D eigenvalue weighted by molar-refractivity contribution is 8.01. The second-order valence-corrected chi connectivity index (χ2v) is 9.30. The number of carbonyl (C=O) groups excluding carboxylic acids is 2. The molecule has 0 saturated carbocycles. The lowest BCUT2D eigenvalue weighted by Gasteiger charge is -2.22. The standard InChI is InChI=1S/C22H25N5O2S2/c1-15-8-9-18(12-16(15)2)24-21-25-26-22(31-21)30-14-20(29)27(11-10-19(23)28)13-17-6-4-3-5-7-17/h3-9,12H,10-11,13-14H2,1-2H3,(H2,23,28)(H,24,25). The number of benzene rings is 2. The molecule has 0 fully saturated rings. The van der Waals surface area contributed by atoms with Gasteiger partial charge in [0.15, 0.2) is 4.34 Å². The first-order valence-electron chi connectivity index (χ1n) is 9.81. The molecule has 9 heteroatoms. The summed E-state index contributed by atoms with van der Waals surface area (Å²) in [5.74, 6) is -0.289. The number of aryl methyl sites for hydroxylation is 2. The Morgan fingerprint density at radius 2 is 1.87 bits per heavy atom. The van der Waals surface area contributed by atoms with Gasteiger partial charge in [0.1, 0.15) is 0 Å². The fourth-order valence-corrected chi connectivity index (χ4v) is 4.49. The highest BCUT2D eigenvalue weighted by Crippen LogP contribution is 2.28. The topological polar surface area (TPSA) is 101 Å². The zero-order chi connectivity index (χ0) is 22.2. The molecule has 2 aromatic carbocycles. The summed E-state index contributed by atoms with van der Waals surface area (Å²) < 4.78 is 0.703. The maximum Gasteiger partial charge on any atom is 0.233 e. The molecule has 3 aromatic rings. The minimum absolute atomic E-state index is 0.0750. The molecule has 3 rings (SSSR count). The molecule has 0 aliphatic carbocycles. The van der Waals surface area contributed by atoms with Crippen LogP contribution >= 0.6 is 23.1 Å². The van der Waals surface area contributed by atoms with Crippen molar-refractivity contribution in [3.63, 3.8) is 0 Å². The first-order chi connectivity index (χ1) is 14.9. The van der Waals surface area contributed by atoms with Gasteiger partial charge in [0.25, 0.3) is 0 Å². The number of hydrogen-bond acceptors (Lipinski definition) is 7. The molecule has 162 valence electrons. The van der Waals surface area contributed by atoms with Crippen LogP contribution in [0.3, 0.4) is 0 Å². The van der Waals surface area contributed by atoms with Crippen LogP contribution in [0.5, 0.6) is 0 Å². The van der Waals surface area contributed by atoms with Gasteiger partial charge in [-0.05, 0) is 42.7 Å². The van der Waals surface area contributed by atoms with Gasteiger partial charge in [-0.2, -0.15) is 0 Å². The Bertz CT molecular complexity index is 1040. The second-order valence-electron chi connectivity index (χ2n) is 7.10. The van der Waals surface area contributed by atoms with E-state index in [1.807, 2.05) is 36.4 Å². The smallest absolute Gasteiger partial charge is 0.233 e. The molecule has 31 heavy (non-hydrogen) atoms. The van der Waals surface area contributed by atoms with Gasteiger partial charge in [0, 0.05) is 25.2 Å². The van der Waals surface area contributed by atoms with E-state index in [0.717, 1.165) is 11.3 Å². The number of nitrogens with two attached hydrogens (primary N) is 1. The Kier molecular flexibility index (Phi) is 8.02. The Morgan fingerprint density at radius 1 is 1.10 bits per heavy atom. The number of carbonyl (C=O) groups is 2. The van der Waals surface area contributed by atoms with Crippen molar-refractivity contribution in [2.45, 2.75) is 31.2 Å². The van der Waals surface area contributed by atoms with Crippen LogP contribution < -0.4 is 11.1 Å². The highest BCUT2D eigenvalue weighted by Gasteiger charge is 2.17. The van der Waals surface area contributed by atoms with Gasteiger partial charge < -0.3 is 16.0 Å². The third kappa shape index (κ3) is 7.08. The average Bonchev–Trinajstić information content (AvgIpc) is 3.20. The zero-order valence-corrected chi connectivity index (χ0v) is 19.1. The number of nitrogens with one attached hydrogen (secondary N) is 1. The second kappa shape index (κ2) is 10.9. The van der Waals surface area contributed by atoms with E-state index in [0.29, 0.717) is 22.6 Å². The van der Waals surface area contributed by atoms with Gasteiger partial charge in [0.05, 0.1) is 5.75 Å². The summed E-state index contributed by atoms with van der Waals surface area (Å²) in [5.41, 5.74) is 9.66. The van der Waals surface area contributed by atoms with E-state index in [-0.39, 0.29) is 18.1 Å². The predicted molar refractivity (Wildman–Crippen MR) is 126 cm³/mol. The first-order valence-corrected chi connectivity index (χ1v) is 11.6. The van der Waals surface area contributed by atoms with E-state index in [9.17, 15) is 9.59 Å². The SMILES string of the molecule is Cc1ccc(Nc2nnc(SCC(=O)N(CCC(N)=O)Cc3ccccc3)s2)cc1C. The third-order valence-electron chi connectivity index (χ3n) is 4.68. The zero-order valence-electron chi connectivity index (χ0n) is 17.5. The highest BCUT2D eigenvalue weighted by atomic mass is 32.2. The van der Waals surface area contributed by atoms with E-state index in [4.69, 9.17) is 5.73 Å². The van der Waals surface area contributed by atoms with Crippen LogP contribution in [0.25, 0.3) is 0 Å². The van der Waals surface area contributed by atoms with Crippen molar-refractivity contribution in [2.75, 3.05) is 17.6 Å². The Morgan fingerprint density at radius 3 is 2.58 bits per heavy atom. The molecule has 1 aromatic heterocycles. The summed E-state index contributed by atoms with van der Waals surface area (Å²) in [6.45, 7) is 4.86. The summed E-state index contributed by atoms with van der Waals surface area (Å²) in [6.07, 6.45) is 0.131. The molecular weight excluding hydrogens is 430 g/mol. The van der Waals surface area contributed by atoms with Gasteiger partial charge in [-0.15, -0.1) is 10.2 Å². The van der Waals surface area contributed by atoms with Crippen molar-refractivity contribution < 1.29 is 9.59 Å². The molecular formula is C22H25N5O2S2. The fourth-order valence-electron chi connectivity index (χ4n) is 2.82. The minimum Gasteiger partial charge on any atom is -0.370 e. The van der Waals surface area contributed by atoms with Gasteiger partial charge >= 0.3 is 0 Å². The molecule has 2 amide bonds. The van der Waals surface area contributed by atoms with E-state index in [1.54, 1.807) is 4.90 Å². The van der Waals surface area contributed by atoms with Crippen LogP contribution in [0.4, 0.5) is 10.8 Å². The van der Waals surface area contributed by atoms with Gasteiger partial charge in [0.2, 0.25) is 16.9 Å². The number of nitrogens with zero attached hydrogens (tertiary/aromatic N) is 3. The van der Waals surface area contributed by atoms with Gasteiger partial charge in [-0.3, -0.25) is 9.59 Å². The molecule has 0 aliphatic heterocycles. The minimum atomic E-state index is -0.426. The Labute approximate surface area is 190 Å². The number of primary amides is 1. The average molecular weight is 456 g/mol. The Hall–Kier alpha value is -2.91. The molecule has 0 radical (unpaired) electrons. The number of hydrogen-bond donors (Lipinski definition) is 2. The molecule has 3 N–H and O–H groups in total. The summed E-state index contributed by atoms with van der Waals surface area (Å²) in [5, 5.41) is 12.3. The van der Waals surface area contributed by atoms with Crippen LogP contribution in [0.2, 0.25) is 0 Å². The van der Waals surface area contributed by atoms with Crippen molar-refractivity contribution in [1.82, 2.24) is 15.1 Å². The molecule has 0 atom stereocenters. The normalized spacial score (nSPS) is 10.6. The number of aromatic nitrogens is 2. The van der Waals surface area contributed by atoms with Gasteiger partial charge in [-0.25, -0.2) is 0 Å². The lowest BCUT2D eigenvalue weighted by atomic mass is 10.1. The van der Waals surface area contributed by atoms with Crippen LogP contribution in [-0.2, 0) is 16.1 Å². The largest absolute Gasteiger partial charge is 0.370 e. The molecule has 0 aliphatic rings. The van der Waals surface area contributed by atoms with Crippen molar-refractivity contribution >= 4 is 45.7 Å². The molecule has 7 nitrogen and oxygen atoms in total. The summed E-state index contributed by atoms with van der Waals surface area (Å²) in [6, 6.07) is 15.8. The molecule has 1 heterocycles. The monoisotopic (exact) mass is 455 g/mol. The van der Waals surface area contributed by atoms with E-state index >= 15 is 0 Å². The number of amides is 2. The van der Waals surface area contributed by atoms with Crippen LogP contribution in [0.15, 0.2) is 52.9 Å². The molecule has 0 saturated heterocycles. The number of thioether (sulfide) groups is 1. The molecule has 0 bridgehead atoms. The maximum absolute atomic E-state index is 12.8. The summed E-state index contributed by atoms with van der Waals surface area (Å²) in [7, 11) is 0. The lowest BCUT2D eigenvalue weighted by molar-refractivity contribution is -0.129. The van der Waals surface area contributed by atoms with E-state index < -0.39 is 5.91 Å². The quantitative estimate of drug-likeness (QED) is 0.450. The number of rotatable bonds is 10. The first kappa shape index (κ1) is 22.8.